The molecule has 18 heavy (non-hydrogen) atoms. The minimum Gasteiger partial charge on any atom is -0.342 e. The first-order chi connectivity index (χ1) is 8.49. The zero-order chi connectivity index (χ0) is 14.0. The largest absolute Gasteiger partial charge is 0.342 e. The monoisotopic (exact) mass is 253 g/mol. The van der Waals surface area contributed by atoms with Crippen LogP contribution < -0.4 is 0 Å². The highest BCUT2D eigenvalue weighted by Crippen LogP contribution is 2.32. The van der Waals surface area contributed by atoms with Gasteiger partial charge in [0.2, 0.25) is 5.91 Å². The molecule has 0 aromatic carbocycles. The number of unbranched alkanes of at least 4 members (excludes halogenated alkanes) is 3. The van der Waals surface area contributed by atoms with Gasteiger partial charge in [-0.15, -0.1) is 0 Å². The van der Waals surface area contributed by atoms with Crippen molar-refractivity contribution in [2.24, 2.45) is 5.41 Å². The van der Waals surface area contributed by atoms with Crippen LogP contribution in [0.5, 0.6) is 0 Å². The van der Waals surface area contributed by atoms with Crippen molar-refractivity contribution < 1.29 is 4.79 Å². The van der Waals surface area contributed by atoms with E-state index >= 15 is 0 Å². The van der Waals surface area contributed by atoms with Crippen LogP contribution in [0.1, 0.15) is 65.7 Å². The first kappa shape index (κ1) is 17.2. The minimum atomic E-state index is 0.0273. The van der Waals surface area contributed by atoms with Gasteiger partial charge in [-0.1, -0.05) is 59.5 Å². The molecule has 0 radical (unpaired) electrons. The zero-order valence-corrected chi connectivity index (χ0v) is 12.8. The second kappa shape index (κ2) is 9.18. The summed E-state index contributed by atoms with van der Waals surface area (Å²) < 4.78 is 0. The predicted octanol–water partition coefficient (Wildman–Crippen LogP) is 4.41. The van der Waals surface area contributed by atoms with Crippen molar-refractivity contribution in [3.8, 4) is 0 Å². The normalized spacial score (nSPS) is 14.0. The summed E-state index contributed by atoms with van der Waals surface area (Å²) in [7, 11) is 1.86. The van der Waals surface area contributed by atoms with Crippen LogP contribution in [0.2, 0.25) is 0 Å². The topological polar surface area (TPSA) is 20.3 Å². The highest BCUT2D eigenvalue weighted by molar-refractivity contribution is 5.86. The Bertz CT molecular complexity index is 249. The number of nitrogens with zero attached hydrogens (tertiary/aromatic N) is 1. The molecule has 106 valence electrons. The summed E-state index contributed by atoms with van der Waals surface area (Å²) in [6.07, 6.45) is 10.2. The Hall–Kier alpha value is -0.790. The molecule has 0 saturated carbocycles. The van der Waals surface area contributed by atoms with E-state index in [1.807, 2.05) is 7.05 Å². The van der Waals surface area contributed by atoms with E-state index < -0.39 is 0 Å². The Kier molecular flexibility index (Phi) is 8.78. The lowest BCUT2D eigenvalue weighted by molar-refractivity contribution is -0.125. The first-order valence-electron chi connectivity index (χ1n) is 7.36. The zero-order valence-electron chi connectivity index (χ0n) is 12.8. The number of likely N-dealkylation sites (N-methyl/N-ethyl adjacent to an activating group) is 1. The predicted molar refractivity (Wildman–Crippen MR) is 79.6 cm³/mol. The first-order valence-corrected chi connectivity index (χ1v) is 7.36. The molecular formula is C16H31NO. The van der Waals surface area contributed by atoms with E-state index in [0.29, 0.717) is 5.41 Å². The standard InChI is InChI=1S/C16H31NO/c1-6-9-10-11-12-16(4,8-3)13-14-17(5)15(18)7-2/h7H,2,6,8-14H2,1,3-5H3. The quantitative estimate of drug-likeness (QED) is 0.417. The van der Waals surface area contributed by atoms with Gasteiger partial charge in [-0.3, -0.25) is 4.79 Å². The molecule has 0 N–H and O–H groups in total. The van der Waals surface area contributed by atoms with E-state index in [2.05, 4.69) is 27.4 Å². The van der Waals surface area contributed by atoms with Crippen molar-refractivity contribution in [3.63, 3.8) is 0 Å². The lowest BCUT2D eigenvalue weighted by Crippen LogP contribution is -2.30. The van der Waals surface area contributed by atoms with Crippen molar-refractivity contribution in [1.82, 2.24) is 4.90 Å². The number of rotatable bonds is 10. The molecule has 2 nitrogen and oxygen atoms in total. The number of carbonyl (C=O) groups is 1. The van der Waals surface area contributed by atoms with E-state index in [4.69, 9.17) is 0 Å². The second-order valence-corrected chi connectivity index (χ2v) is 5.69. The van der Waals surface area contributed by atoms with Gasteiger partial charge in [0, 0.05) is 13.6 Å². The molecule has 0 aliphatic heterocycles. The Morgan fingerprint density at radius 2 is 1.89 bits per heavy atom. The van der Waals surface area contributed by atoms with Gasteiger partial charge in [-0.25, -0.2) is 0 Å². The maximum absolute atomic E-state index is 11.4. The third-order valence-electron chi connectivity index (χ3n) is 4.09. The van der Waals surface area contributed by atoms with Crippen LogP contribution in [0.3, 0.4) is 0 Å². The van der Waals surface area contributed by atoms with Crippen molar-refractivity contribution in [2.75, 3.05) is 13.6 Å². The molecule has 0 saturated heterocycles. The summed E-state index contributed by atoms with van der Waals surface area (Å²) in [5, 5.41) is 0. The molecule has 0 aromatic rings. The summed E-state index contributed by atoms with van der Waals surface area (Å²) in [6, 6.07) is 0. The lowest BCUT2D eigenvalue weighted by atomic mass is 9.79. The molecule has 1 unspecified atom stereocenters. The smallest absolute Gasteiger partial charge is 0.245 e. The molecule has 2 heteroatoms. The van der Waals surface area contributed by atoms with Crippen LogP contribution in [-0.2, 0) is 4.79 Å². The average molecular weight is 253 g/mol. The summed E-state index contributed by atoms with van der Waals surface area (Å²) in [5.41, 5.74) is 0.378. The van der Waals surface area contributed by atoms with Crippen LogP contribution in [-0.4, -0.2) is 24.4 Å². The number of hydrogen-bond donors (Lipinski definition) is 0. The maximum atomic E-state index is 11.4. The van der Waals surface area contributed by atoms with Crippen LogP contribution >= 0.6 is 0 Å². The van der Waals surface area contributed by atoms with Crippen LogP contribution in [0.25, 0.3) is 0 Å². The van der Waals surface area contributed by atoms with Gasteiger partial charge in [0.05, 0.1) is 0 Å². The number of hydrogen-bond acceptors (Lipinski definition) is 1. The summed E-state index contributed by atoms with van der Waals surface area (Å²) in [5.74, 6) is 0.0273. The fraction of sp³-hybridized carbons (Fsp3) is 0.812. The van der Waals surface area contributed by atoms with E-state index in [0.717, 1.165) is 13.0 Å². The van der Waals surface area contributed by atoms with Crippen molar-refractivity contribution >= 4 is 5.91 Å². The summed E-state index contributed by atoms with van der Waals surface area (Å²) in [6.45, 7) is 11.2. The molecule has 0 heterocycles. The lowest BCUT2D eigenvalue weighted by Gasteiger charge is -2.30. The van der Waals surface area contributed by atoms with Gasteiger partial charge >= 0.3 is 0 Å². The fourth-order valence-electron chi connectivity index (χ4n) is 2.16. The van der Waals surface area contributed by atoms with E-state index in [1.165, 1.54) is 44.6 Å². The van der Waals surface area contributed by atoms with Crippen molar-refractivity contribution in [2.45, 2.75) is 65.7 Å². The van der Waals surface area contributed by atoms with Gasteiger partial charge in [-0.2, -0.15) is 0 Å². The molecular weight excluding hydrogens is 222 g/mol. The summed E-state index contributed by atoms with van der Waals surface area (Å²) >= 11 is 0. The number of carbonyl (C=O) groups excluding carboxylic acids is 1. The Morgan fingerprint density at radius 3 is 2.39 bits per heavy atom. The van der Waals surface area contributed by atoms with E-state index in [1.54, 1.807) is 4.90 Å². The molecule has 1 atom stereocenters. The van der Waals surface area contributed by atoms with Gasteiger partial charge < -0.3 is 4.90 Å². The second-order valence-electron chi connectivity index (χ2n) is 5.69. The minimum absolute atomic E-state index is 0.0273. The molecule has 0 bridgehead atoms. The van der Waals surface area contributed by atoms with E-state index in [-0.39, 0.29) is 5.91 Å². The van der Waals surface area contributed by atoms with Gasteiger partial charge in [0.15, 0.2) is 0 Å². The SMILES string of the molecule is C=CC(=O)N(C)CCC(C)(CC)CCCCCC. The van der Waals surface area contributed by atoms with Gasteiger partial charge in [0.25, 0.3) is 0 Å². The highest BCUT2D eigenvalue weighted by Gasteiger charge is 2.22. The van der Waals surface area contributed by atoms with Crippen molar-refractivity contribution in [3.05, 3.63) is 12.7 Å². The number of amides is 1. The van der Waals surface area contributed by atoms with Crippen LogP contribution in [0.15, 0.2) is 12.7 Å². The Morgan fingerprint density at radius 1 is 1.22 bits per heavy atom. The summed E-state index contributed by atoms with van der Waals surface area (Å²) in [4.78, 5) is 13.2. The Balaban J connectivity index is 4.05. The third-order valence-corrected chi connectivity index (χ3v) is 4.09. The molecule has 1 amide bonds. The third kappa shape index (κ3) is 6.83. The molecule has 0 spiro atoms. The van der Waals surface area contributed by atoms with Gasteiger partial charge in [-0.05, 0) is 24.3 Å². The maximum Gasteiger partial charge on any atom is 0.245 e. The Labute approximate surface area is 113 Å². The fourth-order valence-corrected chi connectivity index (χ4v) is 2.16. The van der Waals surface area contributed by atoms with E-state index in [9.17, 15) is 4.79 Å². The molecule has 0 aliphatic rings. The van der Waals surface area contributed by atoms with Crippen molar-refractivity contribution in [1.29, 1.82) is 0 Å². The molecule has 0 fully saturated rings. The van der Waals surface area contributed by atoms with Crippen LogP contribution in [0.4, 0.5) is 0 Å². The highest BCUT2D eigenvalue weighted by atomic mass is 16.2. The molecule has 0 aliphatic carbocycles. The molecule has 0 rings (SSSR count). The average Bonchev–Trinajstić information content (AvgIpc) is 2.40. The van der Waals surface area contributed by atoms with Gasteiger partial charge in [0.1, 0.15) is 0 Å². The van der Waals surface area contributed by atoms with Crippen LogP contribution in [0, 0.1) is 5.41 Å². The molecule has 0 aromatic heterocycles.